The van der Waals surface area contributed by atoms with Crippen LogP contribution in [0.4, 0.5) is 4.79 Å². The SMILES string of the molecule is CC(O)CN(Cc1ccc(Cl)cc1Cl)C(=O)O. The Morgan fingerprint density at radius 1 is 1.47 bits per heavy atom. The van der Waals surface area contributed by atoms with Gasteiger partial charge in [-0.15, -0.1) is 0 Å². The highest BCUT2D eigenvalue weighted by Gasteiger charge is 2.16. The van der Waals surface area contributed by atoms with Crippen LogP contribution in [0.1, 0.15) is 12.5 Å². The number of aliphatic hydroxyl groups is 1. The van der Waals surface area contributed by atoms with Crippen molar-refractivity contribution in [3.8, 4) is 0 Å². The maximum Gasteiger partial charge on any atom is 0.407 e. The molecule has 1 unspecified atom stereocenters. The van der Waals surface area contributed by atoms with Gasteiger partial charge in [-0.2, -0.15) is 0 Å². The molecule has 4 nitrogen and oxygen atoms in total. The third-order valence-electron chi connectivity index (χ3n) is 2.13. The minimum absolute atomic E-state index is 0.0360. The normalized spacial score (nSPS) is 12.2. The van der Waals surface area contributed by atoms with Crippen molar-refractivity contribution in [1.29, 1.82) is 0 Å². The van der Waals surface area contributed by atoms with Crippen molar-refractivity contribution in [1.82, 2.24) is 4.90 Å². The fraction of sp³-hybridized carbons (Fsp3) is 0.364. The van der Waals surface area contributed by atoms with Crippen LogP contribution in [0.5, 0.6) is 0 Å². The highest BCUT2D eigenvalue weighted by Crippen LogP contribution is 2.22. The van der Waals surface area contributed by atoms with Crippen LogP contribution in [0.2, 0.25) is 10.0 Å². The van der Waals surface area contributed by atoms with Gasteiger partial charge >= 0.3 is 6.09 Å². The molecule has 0 spiro atoms. The lowest BCUT2D eigenvalue weighted by Gasteiger charge is -2.21. The second kappa shape index (κ2) is 6.10. The van der Waals surface area contributed by atoms with Gasteiger partial charge in [0, 0.05) is 10.0 Å². The molecule has 0 fully saturated rings. The number of halogens is 2. The molecule has 0 aliphatic carbocycles. The largest absolute Gasteiger partial charge is 0.465 e. The van der Waals surface area contributed by atoms with Crippen molar-refractivity contribution in [3.63, 3.8) is 0 Å². The summed E-state index contributed by atoms with van der Waals surface area (Å²) in [7, 11) is 0. The molecule has 0 aromatic heterocycles. The maximum atomic E-state index is 11.0. The Hall–Kier alpha value is -0.970. The predicted molar refractivity (Wildman–Crippen MR) is 66.6 cm³/mol. The molecule has 0 bridgehead atoms. The summed E-state index contributed by atoms with van der Waals surface area (Å²) in [4.78, 5) is 12.1. The molecule has 17 heavy (non-hydrogen) atoms. The summed E-state index contributed by atoms with van der Waals surface area (Å²) in [6.07, 6.45) is -1.82. The van der Waals surface area contributed by atoms with Gasteiger partial charge in [0.1, 0.15) is 0 Å². The molecule has 1 amide bonds. The third-order valence-corrected chi connectivity index (χ3v) is 2.72. The minimum atomic E-state index is -1.10. The van der Waals surface area contributed by atoms with Crippen molar-refractivity contribution < 1.29 is 15.0 Å². The van der Waals surface area contributed by atoms with Crippen LogP contribution < -0.4 is 0 Å². The lowest BCUT2D eigenvalue weighted by Crippen LogP contribution is -2.35. The van der Waals surface area contributed by atoms with E-state index in [4.69, 9.17) is 28.3 Å². The fourth-order valence-electron chi connectivity index (χ4n) is 1.38. The molecular formula is C11H13Cl2NO3. The zero-order valence-electron chi connectivity index (χ0n) is 9.23. The number of hydrogen-bond donors (Lipinski definition) is 2. The van der Waals surface area contributed by atoms with E-state index in [1.807, 2.05) is 0 Å². The van der Waals surface area contributed by atoms with Crippen LogP contribution >= 0.6 is 23.2 Å². The van der Waals surface area contributed by atoms with E-state index in [0.717, 1.165) is 4.90 Å². The number of nitrogens with zero attached hydrogens (tertiary/aromatic N) is 1. The van der Waals surface area contributed by atoms with E-state index in [0.29, 0.717) is 15.6 Å². The van der Waals surface area contributed by atoms with Crippen LogP contribution in [0.15, 0.2) is 18.2 Å². The number of benzene rings is 1. The molecule has 6 heteroatoms. The lowest BCUT2D eigenvalue weighted by molar-refractivity contribution is 0.101. The van der Waals surface area contributed by atoms with Crippen LogP contribution in [-0.4, -0.2) is 33.9 Å². The Balaban J connectivity index is 2.82. The van der Waals surface area contributed by atoms with E-state index in [2.05, 4.69) is 0 Å². The molecule has 0 heterocycles. The molecule has 0 saturated carbocycles. The van der Waals surface area contributed by atoms with Crippen molar-refractivity contribution >= 4 is 29.3 Å². The van der Waals surface area contributed by atoms with Crippen LogP contribution in [-0.2, 0) is 6.54 Å². The highest BCUT2D eigenvalue weighted by molar-refractivity contribution is 6.35. The summed E-state index contributed by atoms with van der Waals surface area (Å²) < 4.78 is 0. The van der Waals surface area contributed by atoms with Crippen molar-refractivity contribution in [3.05, 3.63) is 33.8 Å². The van der Waals surface area contributed by atoms with E-state index in [9.17, 15) is 9.90 Å². The molecule has 1 rings (SSSR count). The molecule has 1 atom stereocenters. The summed E-state index contributed by atoms with van der Waals surface area (Å²) in [5.74, 6) is 0. The molecular weight excluding hydrogens is 265 g/mol. The summed E-state index contributed by atoms with van der Waals surface area (Å²) in [5, 5.41) is 19.1. The van der Waals surface area contributed by atoms with Crippen molar-refractivity contribution in [2.75, 3.05) is 6.54 Å². The first-order chi connectivity index (χ1) is 7.90. The van der Waals surface area contributed by atoms with Gasteiger partial charge in [0.05, 0.1) is 19.2 Å². The van der Waals surface area contributed by atoms with E-state index in [1.54, 1.807) is 18.2 Å². The maximum absolute atomic E-state index is 11.0. The van der Waals surface area contributed by atoms with Gasteiger partial charge in [-0.05, 0) is 24.6 Å². The Bertz CT molecular complexity index is 410. The molecule has 1 aromatic rings. The number of amides is 1. The minimum Gasteiger partial charge on any atom is -0.465 e. The smallest absolute Gasteiger partial charge is 0.407 e. The lowest BCUT2D eigenvalue weighted by atomic mass is 10.2. The topological polar surface area (TPSA) is 60.8 Å². The zero-order valence-corrected chi connectivity index (χ0v) is 10.7. The first-order valence-corrected chi connectivity index (χ1v) is 5.75. The van der Waals surface area contributed by atoms with Crippen LogP contribution in [0, 0.1) is 0 Å². The van der Waals surface area contributed by atoms with E-state index < -0.39 is 12.2 Å². The third kappa shape index (κ3) is 4.42. The standard InChI is InChI=1S/C11H13Cl2NO3/c1-7(15)5-14(11(16)17)6-8-2-3-9(12)4-10(8)13/h2-4,7,15H,5-6H2,1H3,(H,16,17). The summed E-state index contributed by atoms with van der Waals surface area (Å²) in [6.45, 7) is 1.68. The predicted octanol–water partition coefficient (Wildman–Crippen LogP) is 2.85. The van der Waals surface area contributed by atoms with Crippen LogP contribution in [0.3, 0.4) is 0 Å². The van der Waals surface area contributed by atoms with Gasteiger partial charge in [-0.3, -0.25) is 0 Å². The number of aliphatic hydroxyl groups excluding tert-OH is 1. The first-order valence-electron chi connectivity index (χ1n) is 5.00. The fourth-order valence-corrected chi connectivity index (χ4v) is 1.85. The van der Waals surface area contributed by atoms with Gasteiger partial charge in [-0.1, -0.05) is 29.3 Å². The average Bonchev–Trinajstić information content (AvgIpc) is 2.19. The molecule has 1 aromatic carbocycles. The molecule has 0 saturated heterocycles. The van der Waals surface area contributed by atoms with Gasteiger partial charge in [0.15, 0.2) is 0 Å². The van der Waals surface area contributed by atoms with Gasteiger partial charge in [0.2, 0.25) is 0 Å². The van der Waals surface area contributed by atoms with E-state index >= 15 is 0 Å². The quantitative estimate of drug-likeness (QED) is 0.890. The Morgan fingerprint density at radius 2 is 2.12 bits per heavy atom. The molecule has 0 radical (unpaired) electrons. The number of carboxylic acid groups (broad SMARTS) is 1. The molecule has 0 aliphatic rings. The summed E-state index contributed by atoms with van der Waals surface area (Å²) in [6, 6.07) is 4.87. The Labute approximate surface area is 109 Å². The first kappa shape index (κ1) is 14.1. The molecule has 94 valence electrons. The number of hydrogen-bond acceptors (Lipinski definition) is 2. The van der Waals surface area contributed by atoms with Crippen molar-refractivity contribution in [2.24, 2.45) is 0 Å². The highest BCUT2D eigenvalue weighted by atomic mass is 35.5. The van der Waals surface area contributed by atoms with E-state index in [1.165, 1.54) is 6.92 Å². The second-order valence-corrected chi connectivity index (χ2v) is 4.59. The Morgan fingerprint density at radius 3 is 2.59 bits per heavy atom. The summed E-state index contributed by atoms with van der Waals surface area (Å²) >= 11 is 11.7. The van der Waals surface area contributed by atoms with Crippen LogP contribution in [0.25, 0.3) is 0 Å². The molecule has 2 N–H and O–H groups in total. The summed E-state index contributed by atoms with van der Waals surface area (Å²) in [5.41, 5.74) is 0.652. The average molecular weight is 278 g/mol. The van der Waals surface area contributed by atoms with E-state index in [-0.39, 0.29) is 13.1 Å². The number of carbonyl (C=O) groups is 1. The van der Waals surface area contributed by atoms with Gasteiger partial charge in [0.25, 0.3) is 0 Å². The van der Waals surface area contributed by atoms with Gasteiger partial charge < -0.3 is 15.1 Å². The second-order valence-electron chi connectivity index (χ2n) is 3.75. The van der Waals surface area contributed by atoms with Gasteiger partial charge in [-0.25, -0.2) is 4.79 Å². The Kier molecular flexibility index (Phi) is 5.05. The number of rotatable bonds is 4. The zero-order chi connectivity index (χ0) is 13.0. The monoisotopic (exact) mass is 277 g/mol. The molecule has 0 aliphatic heterocycles. The van der Waals surface area contributed by atoms with Crippen molar-refractivity contribution in [2.45, 2.75) is 19.6 Å².